The fourth-order valence-corrected chi connectivity index (χ4v) is 3.59. The van der Waals surface area contributed by atoms with Gasteiger partial charge in [-0.3, -0.25) is 15.2 Å². The minimum absolute atomic E-state index is 0. The van der Waals surface area contributed by atoms with Gasteiger partial charge in [0.25, 0.3) is 0 Å². The summed E-state index contributed by atoms with van der Waals surface area (Å²) in [5.41, 5.74) is 0.751. The third-order valence-electron chi connectivity index (χ3n) is 4.44. The van der Waals surface area contributed by atoms with Crippen molar-refractivity contribution in [3.63, 3.8) is 0 Å². The normalized spacial score (nSPS) is 21.2. The van der Waals surface area contributed by atoms with Crippen molar-refractivity contribution in [1.82, 2.24) is 20.3 Å². The number of pyridine rings is 1. The zero-order valence-electron chi connectivity index (χ0n) is 15.2. The van der Waals surface area contributed by atoms with Crippen LogP contribution in [0.4, 0.5) is 4.79 Å². The quantitative estimate of drug-likeness (QED) is 0.161. The molecule has 1 aromatic heterocycles. The molecule has 2 N–H and O–H groups in total. The SMILES string of the molecule is N=C(NC(=O)CCc1ccccn1)[C@@H]1CC[C@@H]2CN1C(=O)N2OS(=O)(=O)[O-].[Na+]. The van der Waals surface area contributed by atoms with Crippen molar-refractivity contribution in [2.75, 3.05) is 6.54 Å². The molecular weight excluding hydrogens is 401 g/mol. The number of hydrogen-bond donors (Lipinski definition) is 2. The molecule has 3 amide bonds. The molecule has 0 unspecified atom stereocenters. The van der Waals surface area contributed by atoms with Gasteiger partial charge in [-0.1, -0.05) is 6.07 Å². The average Bonchev–Trinajstić information content (AvgIpc) is 2.84. The van der Waals surface area contributed by atoms with Gasteiger partial charge in [0.15, 0.2) is 0 Å². The van der Waals surface area contributed by atoms with Crippen LogP contribution in [0.3, 0.4) is 0 Å². The van der Waals surface area contributed by atoms with Crippen molar-refractivity contribution in [3.05, 3.63) is 30.1 Å². The number of piperidine rings is 1. The van der Waals surface area contributed by atoms with Crippen LogP contribution < -0.4 is 34.9 Å². The number of amides is 3. The van der Waals surface area contributed by atoms with Gasteiger partial charge in [0.1, 0.15) is 5.84 Å². The standard InChI is InChI=1S/C15H19N5O6S.Na/c16-14(18-13(21)7-4-10-3-1-2-8-17-10)12-6-5-11-9-19(12)15(22)20(11)26-27(23,24)25;/h1-3,8,11-12H,4-7,9H2,(H2,16,18,21)(H,23,24,25);/q;+1/p-1/t11-,12+;/m1./s1. The molecule has 2 aliphatic heterocycles. The van der Waals surface area contributed by atoms with Gasteiger partial charge in [-0.05, 0) is 31.4 Å². The van der Waals surface area contributed by atoms with Crippen molar-refractivity contribution < 1.29 is 56.4 Å². The Morgan fingerprint density at radius 1 is 1.39 bits per heavy atom. The van der Waals surface area contributed by atoms with Crippen molar-refractivity contribution >= 4 is 28.2 Å². The van der Waals surface area contributed by atoms with E-state index in [1.807, 2.05) is 6.07 Å². The fourth-order valence-electron chi connectivity index (χ4n) is 3.21. The third-order valence-corrected chi connectivity index (χ3v) is 4.78. The maximum atomic E-state index is 12.3. The van der Waals surface area contributed by atoms with Crippen LogP contribution in [0.15, 0.2) is 24.4 Å². The van der Waals surface area contributed by atoms with Crippen LogP contribution in [-0.4, -0.2) is 64.3 Å². The van der Waals surface area contributed by atoms with E-state index in [0.717, 1.165) is 5.69 Å². The topological polar surface area (TPSA) is 156 Å². The fraction of sp³-hybridized carbons (Fsp3) is 0.467. The maximum Gasteiger partial charge on any atom is 1.00 e. The summed E-state index contributed by atoms with van der Waals surface area (Å²) >= 11 is 0. The number of urea groups is 1. The molecule has 2 bridgehead atoms. The van der Waals surface area contributed by atoms with Gasteiger partial charge in [0, 0.05) is 24.9 Å². The Labute approximate surface area is 184 Å². The summed E-state index contributed by atoms with van der Waals surface area (Å²) in [5.74, 6) is -0.533. The first kappa shape index (κ1) is 22.7. The molecular formula is C15H18N5NaO6S. The van der Waals surface area contributed by atoms with Crippen LogP contribution in [0.2, 0.25) is 0 Å². The molecule has 28 heavy (non-hydrogen) atoms. The molecule has 0 spiro atoms. The summed E-state index contributed by atoms with van der Waals surface area (Å²) in [7, 11) is -5.07. The van der Waals surface area contributed by atoms with Crippen LogP contribution in [0.5, 0.6) is 0 Å². The number of aromatic nitrogens is 1. The summed E-state index contributed by atoms with van der Waals surface area (Å²) in [5, 5.41) is 11.1. The molecule has 2 saturated heterocycles. The van der Waals surface area contributed by atoms with Crippen molar-refractivity contribution in [1.29, 1.82) is 5.41 Å². The summed E-state index contributed by atoms with van der Waals surface area (Å²) in [6.07, 6.45) is 2.86. The van der Waals surface area contributed by atoms with Crippen LogP contribution >= 0.6 is 0 Å². The van der Waals surface area contributed by atoms with E-state index >= 15 is 0 Å². The smallest absolute Gasteiger partial charge is 0.724 e. The first-order valence-corrected chi connectivity index (χ1v) is 9.61. The van der Waals surface area contributed by atoms with E-state index < -0.39 is 28.5 Å². The molecule has 13 heteroatoms. The van der Waals surface area contributed by atoms with E-state index in [0.29, 0.717) is 24.3 Å². The molecule has 146 valence electrons. The third kappa shape index (κ3) is 5.49. The summed E-state index contributed by atoms with van der Waals surface area (Å²) < 4.78 is 36.5. The molecule has 0 aliphatic carbocycles. The Balaban J connectivity index is 0.00000280. The van der Waals surface area contributed by atoms with E-state index in [-0.39, 0.29) is 54.3 Å². The van der Waals surface area contributed by atoms with Gasteiger partial charge in [-0.2, -0.15) is 9.35 Å². The first-order chi connectivity index (χ1) is 12.7. The molecule has 0 radical (unpaired) electrons. The molecule has 3 rings (SSSR count). The second kappa shape index (κ2) is 9.29. The number of rotatable bonds is 6. The number of carbonyl (C=O) groups excluding carboxylic acids is 2. The van der Waals surface area contributed by atoms with Gasteiger partial charge in [0.2, 0.25) is 16.3 Å². The Hall–Kier alpha value is -1.57. The predicted molar refractivity (Wildman–Crippen MR) is 90.0 cm³/mol. The summed E-state index contributed by atoms with van der Waals surface area (Å²) in [6, 6.07) is 3.28. The van der Waals surface area contributed by atoms with E-state index in [1.165, 1.54) is 4.90 Å². The average molecular weight is 419 g/mol. The molecule has 0 saturated carbocycles. The predicted octanol–water partition coefficient (Wildman–Crippen LogP) is -3.23. The molecule has 2 atom stereocenters. The van der Waals surface area contributed by atoms with E-state index in [9.17, 15) is 22.6 Å². The Bertz CT molecular complexity index is 852. The molecule has 1 aromatic rings. The Morgan fingerprint density at radius 2 is 2.14 bits per heavy atom. The number of carbonyl (C=O) groups is 2. The van der Waals surface area contributed by atoms with Gasteiger partial charge in [0.05, 0.1) is 12.1 Å². The van der Waals surface area contributed by atoms with Crippen LogP contribution in [0.25, 0.3) is 0 Å². The van der Waals surface area contributed by atoms with E-state index in [1.54, 1.807) is 18.3 Å². The van der Waals surface area contributed by atoms with Crippen LogP contribution in [-0.2, 0) is 25.9 Å². The molecule has 3 heterocycles. The van der Waals surface area contributed by atoms with Crippen molar-refractivity contribution in [2.45, 2.75) is 37.8 Å². The van der Waals surface area contributed by atoms with Gasteiger partial charge in [-0.15, -0.1) is 0 Å². The van der Waals surface area contributed by atoms with Crippen LogP contribution in [0.1, 0.15) is 25.0 Å². The second-order valence-corrected chi connectivity index (χ2v) is 7.24. The van der Waals surface area contributed by atoms with Gasteiger partial charge < -0.3 is 14.8 Å². The minimum Gasteiger partial charge on any atom is -0.724 e. The maximum absolute atomic E-state index is 12.3. The number of aryl methyl sites for hydroxylation is 1. The number of nitrogens with one attached hydrogen (secondary N) is 2. The Kier molecular flexibility index (Phi) is 7.53. The van der Waals surface area contributed by atoms with Gasteiger partial charge in [-0.25, -0.2) is 13.2 Å². The number of nitrogens with zero attached hydrogens (tertiary/aromatic N) is 3. The second-order valence-electron chi connectivity index (χ2n) is 6.27. The Morgan fingerprint density at radius 3 is 2.79 bits per heavy atom. The van der Waals surface area contributed by atoms with Gasteiger partial charge >= 0.3 is 35.6 Å². The first-order valence-electron chi connectivity index (χ1n) is 8.28. The zero-order chi connectivity index (χ0) is 19.6. The number of amidine groups is 1. The van der Waals surface area contributed by atoms with E-state index in [4.69, 9.17) is 5.41 Å². The molecule has 0 aromatic carbocycles. The number of fused-ring (bicyclic) bond motifs is 2. The monoisotopic (exact) mass is 419 g/mol. The van der Waals surface area contributed by atoms with Crippen molar-refractivity contribution in [2.24, 2.45) is 0 Å². The number of hydroxylamine groups is 2. The molecule has 2 fully saturated rings. The molecule has 11 nitrogen and oxygen atoms in total. The van der Waals surface area contributed by atoms with Crippen LogP contribution in [0, 0.1) is 5.41 Å². The minimum atomic E-state index is -5.07. The number of hydrogen-bond acceptors (Lipinski definition) is 8. The zero-order valence-corrected chi connectivity index (χ0v) is 18.0. The molecule has 2 aliphatic rings. The van der Waals surface area contributed by atoms with Crippen molar-refractivity contribution in [3.8, 4) is 0 Å². The summed E-state index contributed by atoms with van der Waals surface area (Å²) in [4.78, 5) is 29.7. The van der Waals surface area contributed by atoms with E-state index in [2.05, 4.69) is 14.6 Å². The summed E-state index contributed by atoms with van der Waals surface area (Å²) in [6.45, 7) is 0.116. The largest absolute Gasteiger partial charge is 1.00 e.